The third-order valence-corrected chi connectivity index (χ3v) is 2.06. The van der Waals surface area contributed by atoms with Crippen LogP contribution in [0.4, 0.5) is 0 Å². The molecule has 0 bridgehead atoms. The maximum atomic E-state index is 10.5. The smallest absolute Gasteiger partial charge is 0.397 e. The van der Waals surface area contributed by atoms with Crippen LogP contribution in [0.2, 0.25) is 0 Å². The van der Waals surface area contributed by atoms with E-state index in [1.54, 1.807) is 0 Å². The van der Waals surface area contributed by atoms with Gasteiger partial charge in [-0.15, -0.1) is 0 Å². The molecular weight excluding hydrogens is 312 g/mol. The fourth-order valence-electron chi connectivity index (χ4n) is 0.732. The van der Waals surface area contributed by atoms with Gasteiger partial charge in [-0.2, -0.15) is 8.42 Å². The summed E-state index contributed by atoms with van der Waals surface area (Å²) in [5, 5.41) is 0. The van der Waals surface area contributed by atoms with Crippen LogP contribution in [-0.2, 0) is 19.4 Å². The highest BCUT2D eigenvalue weighted by molar-refractivity contribution is 7.80. The lowest BCUT2D eigenvalue weighted by Gasteiger charge is -2.08. The molecule has 11 nitrogen and oxygen atoms in total. The Morgan fingerprint density at radius 1 is 1.24 bits per heavy atom. The first-order chi connectivity index (χ1) is 7.60. The normalized spacial score (nSPS) is 8.62. The van der Waals surface area contributed by atoms with Gasteiger partial charge < -0.3 is 32.5 Å². The van der Waals surface area contributed by atoms with Crippen molar-refractivity contribution < 1.29 is 43.9 Å². The lowest BCUT2D eigenvalue weighted by Crippen LogP contribution is -2.16. The Bertz CT molecular complexity index is 343. The SMILES string of the molecule is C=C(CCCN(C)C)C(N)=O.COS(=O)(=O)O.O.O.O.O. The molecule has 21 heavy (non-hydrogen) atoms. The minimum atomic E-state index is -4.16. The summed E-state index contributed by atoms with van der Waals surface area (Å²) < 4.78 is 29.7. The molecule has 0 heterocycles. The van der Waals surface area contributed by atoms with Gasteiger partial charge in [0, 0.05) is 5.57 Å². The van der Waals surface area contributed by atoms with Gasteiger partial charge in [-0.05, 0) is 33.5 Å². The highest BCUT2D eigenvalue weighted by atomic mass is 32.3. The molecule has 0 spiro atoms. The van der Waals surface area contributed by atoms with E-state index in [1.807, 2.05) is 14.1 Å². The van der Waals surface area contributed by atoms with Crippen molar-refractivity contribution >= 4 is 16.3 Å². The van der Waals surface area contributed by atoms with Crippen molar-refractivity contribution in [3.8, 4) is 0 Å². The molecule has 1 amide bonds. The van der Waals surface area contributed by atoms with Gasteiger partial charge in [0.15, 0.2) is 0 Å². The quantitative estimate of drug-likeness (QED) is 0.367. The number of hydrogen-bond donors (Lipinski definition) is 2. The summed E-state index contributed by atoms with van der Waals surface area (Å²) in [5.41, 5.74) is 5.52. The van der Waals surface area contributed by atoms with Crippen molar-refractivity contribution in [3.05, 3.63) is 12.2 Å². The van der Waals surface area contributed by atoms with E-state index in [0.717, 1.165) is 20.1 Å². The molecule has 0 radical (unpaired) electrons. The zero-order valence-electron chi connectivity index (χ0n) is 12.3. The molecule has 0 saturated carbocycles. The molecular formula is C9H28N2O9S. The van der Waals surface area contributed by atoms with Crippen LogP contribution in [0.5, 0.6) is 0 Å². The average molecular weight is 340 g/mol. The van der Waals surface area contributed by atoms with Crippen LogP contribution in [0.1, 0.15) is 12.8 Å². The molecule has 11 N–H and O–H groups in total. The summed E-state index contributed by atoms with van der Waals surface area (Å²) in [6.45, 7) is 4.52. The van der Waals surface area contributed by atoms with Crippen LogP contribution in [0.15, 0.2) is 12.2 Å². The summed E-state index contributed by atoms with van der Waals surface area (Å²) in [6.07, 6.45) is 1.64. The van der Waals surface area contributed by atoms with Crippen molar-refractivity contribution in [2.75, 3.05) is 27.7 Å². The number of nitrogens with zero attached hydrogens (tertiary/aromatic N) is 1. The van der Waals surface area contributed by atoms with Gasteiger partial charge in [0.25, 0.3) is 0 Å². The number of amides is 1. The van der Waals surface area contributed by atoms with Crippen LogP contribution < -0.4 is 5.73 Å². The highest BCUT2D eigenvalue weighted by Gasteiger charge is 2.00. The summed E-state index contributed by atoms with van der Waals surface area (Å²) in [7, 11) is 0.695. The van der Waals surface area contributed by atoms with E-state index in [-0.39, 0.29) is 27.8 Å². The van der Waals surface area contributed by atoms with Crippen molar-refractivity contribution in [2.45, 2.75) is 12.8 Å². The Morgan fingerprint density at radius 3 is 1.76 bits per heavy atom. The zero-order valence-corrected chi connectivity index (χ0v) is 13.2. The molecule has 0 saturated heterocycles. The molecule has 0 aliphatic heterocycles. The van der Waals surface area contributed by atoms with E-state index in [0.29, 0.717) is 12.0 Å². The minimum Gasteiger partial charge on any atom is -0.412 e. The van der Waals surface area contributed by atoms with Gasteiger partial charge in [-0.1, -0.05) is 6.58 Å². The van der Waals surface area contributed by atoms with E-state index in [1.165, 1.54) is 0 Å². The maximum Gasteiger partial charge on any atom is 0.397 e. The first-order valence-corrected chi connectivity index (χ1v) is 6.12. The monoisotopic (exact) mass is 340 g/mol. The third kappa shape index (κ3) is 38.1. The van der Waals surface area contributed by atoms with Gasteiger partial charge in [0.05, 0.1) is 7.11 Å². The second-order valence-electron chi connectivity index (χ2n) is 3.47. The fourth-order valence-corrected chi connectivity index (χ4v) is 0.732. The molecule has 0 aliphatic carbocycles. The fraction of sp³-hybridized carbons (Fsp3) is 0.667. The van der Waals surface area contributed by atoms with Gasteiger partial charge in [-0.3, -0.25) is 13.5 Å². The number of rotatable bonds is 6. The second kappa shape index (κ2) is 18.9. The highest BCUT2D eigenvalue weighted by Crippen LogP contribution is 2.00. The minimum absolute atomic E-state index is 0. The Morgan fingerprint density at radius 2 is 1.57 bits per heavy atom. The van der Waals surface area contributed by atoms with Gasteiger partial charge in [-0.25, -0.2) is 0 Å². The number of carbonyl (C=O) groups excluding carboxylic acids is 1. The summed E-state index contributed by atoms with van der Waals surface area (Å²) in [5.74, 6) is -0.385. The van der Waals surface area contributed by atoms with E-state index in [2.05, 4.69) is 15.7 Å². The van der Waals surface area contributed by atoms with Crippen molar-refractivity contribution in [1.29, 1.82) is 0 Å². The topological polar surface area (TPSA) is 236 Å². The average Bonchev–Trinajstić information content (AvgIpc) is 2.16. The van der Waals surface area contributed by atoms with Crippen molar-refractivity contribution in [3.63, 3.8) is 0 Å². The van der Waals surface area contributed by atoms with Gasteiger partial charge >= 0.3 is 10.4 Å². The lowest BCUT2D eigenvalue weighted by molar-refractivity contribution is -0.114. The molecule has 0 unspecified atom stereocenters. The van der Waals surface area contributed by atoms with Crippen LogP contribution in [0.3, 0.4) is 0 Å². The van der Waals surface area contributed by atoms with Crippen LogP contribution >= 0.6 is 0 Å². The van der Waals surface area contributed by atoms with E-state index >= 15 is 0 Å². The summed E-state index contributed by atoms with van der Waals surface area (Å²) in [4.78, 5) is 12.5. The molecule has 0 fully saturated rings. The lowest BCUT2D eigenvalue weighted by atomic mass is 10.1. The Hall–Kier alpha value is -1.12. The van der Waals surface area contributed by atoms with Crippen LogP contribution in [0.25, 0.3) is 0 Å². The van der Waals surface area contributed by atoms with Gasteiger partial charge in [0.2, 0.25) is 5.91 Å². The van der Waals surface area contributed by atoms with E-state index in [9.17, 15) is 13.2 Å². The summed E-state index contributed by atoms with van der Waals surface area (Å²) >= 11 is 0. The van der Waals surface area contributed by atoms with E-state index < -0.39 is 10.4 Å². The Labute approximate surface area is 124 Å². The predicted molar refractivity (Wildman–Crippen MR) is 79.1 cm³/mol. The Kier molecular flexibility index (Phi) is 33.1. The van der Waals surface area contributed by atoms with E-state index in [4.69, 9.17) is 10.3 Å². The molecule has 12 heteroatoms. The molecule has 0 aromatic carbocycles. The number of nitrogens with two attached hydrogens (primary N) is 1. The second-order valence-corrected chi connectivity index (χ2v) is 4.66. The van der Waals surface area contributed by atoms with Crippen molar-refractivity contribution in [1.82, 2.24) is 4.90 Å². The van der Waals surface area contributed by atoms with Crippen LogP contribution in [-0.4, -0.2) is 73.4 Å². The first-order valence-electron chi connectivity index (χ1n) is 4.75. The summed E-state index contributed by atoms with van der Waals surface area (Å²) in [6, 6.07) is 0. The number of primary amides is 1. The molecule has 0 aromatic rings. The molecule has 0 aliphatic rings. The Balaban J connectivity index is -0.0000000500. The molecule has 0 rings (SSSR count). The predicted octanol–water partition coefficient (Wildman–Crippen LogP) is -3.49. The third-order valence-electron chi connectivity index (χ3n) is 1.64. The zero-order chi connectivity index (χ0) is 14.1. The standard InChI is InChI=1S/C8H16N2O.CH4O4S.4H2O/c1-7(8(9)11)5-4-6-10(2)3;1-5-6(2,3)4;;;;/h1,4-6H2,2-3H3,(H2,9,11);1H3,(H,2,3,4);4*1H2. The largest absolute Gasteiger partial charge is 0.412 e. The number of carbonyl (C=O) groups is 1. The van der Waals surface area contributed by atoms with Crippen LogP contribution in [0, 0.1) is 0 Å². The first kappa shape index (κ1) is 36.8. The maximum absolute atomic E-state index is 10.5. The van der Waals surface area contributed by atoms with Gasteiger partial charge in [0.1, 0.15) is 0 Å². The number of hydrogen-bond acceptors (Lipinski definition) is 5. The molecule has 134 valence electrons. The van der Waals surface area contributed by atoms with Crippen molar-refractivity contribution in [2.24, 2.45) is 5.73 Å². The molecule has 0 atom stereocenters. The molecule has 0 aromatic heterocycles.